The van der Waals surface area contributed by atoms with Crippen LogP contribution < -0.4 is 4.74 Å². The van der Waals surface area contributed by atoms with Gasteiger partial charge in [-0.25, -0.2) is 4.79 Å². The number of hydrogen-bond acceptors (Lipinski definition) is 2. The molecule has 0 fully saturated rings. The molecule has 0 aromatic heterocycles. The first-order valence-electron chi connectivity index (χ1n) is 5.16. The van der Waals surface area contributed by atoms with Crippen LogP contribution in [0.2, 0.25) is 5.02 Å². The summed E-state index contributed by atoms with van der Waals surface area (Å²) in [4.78, 5) is 11.1. The predicted octanol–water partition coefficient (Wildman–Crippen LogP) is 3.36. The molecule has 0 radical (unpaired) electrons. The molecular formula is C12H15ClO3. The topological polar surface area (TPSA) is 46.5 Å². The van der Waals surface area contributed by atoms with Crippen LogP contribution in [0, 0.1) is 0 Å². The maximum absolute atomic E-state index is 11.1. The van der Waals surface area contributed by atoms with Gasteiger partial charge in [0.05, 0.1) is 0 Å². The summed E-state index contributed by atoms with van der Waals surface area (Å²) < 4.78 is 5.50. The van der Waals surface area contributed by atoms with E-state index in [1.54, 1.807) is 31.2 Å². The highest BCUT2D eigenvalue weighted by molar-refractivity contribution is 6.30. The summed E-state index contributed by atoms with van der Waals surface area (Å²) >= 11 is 5.73. The van der Waals surface area contributed by atoms with E-state index in [1.165, 1.54) is 0 Å². The first-order chi connectivity index (χ1) is 7.48. The number of carboxylic acid groups (broad SMARTS) is 1. The van der Waals surface area contributed by atoms with Crippen molar-refractivity contribution in [2.75, 3.05) is 0 Å². The van der Waals surface area contributed by atoms with Crippen LogP contribution in [0.1, 0.15) is 26.7 Å². The average Bonchev–Trinajstić information content (AvgIpc) is 2.22. The van der Waals surface area contributed by atoms with E-state index in [9.17, 15) is 4.79 Å². The molecule has 1 N–H and O–H groups in total. The molecule has 0 bridgehead atoms. The van der Waals surface area contributed by atoms with Gasteiger partial charge in [-0.3, -0.25) is 0 Å². The summed E-state index contributed by atoms with van der Waals surface area (Å²) in [6.45, 7) is 3.50. The molecule has 0 saturated carbocycles. The molecule has 1 rings (SSSR count). The molecule has 0 aliphatic heterocycles. The van der Waals surface area contributed by atoms with Gasteiger partial charge < -0.3 is 9.84 Å². The third kappa shape index (κ3) is 3.14. The molecule has 4 heteroatoms. The number of aliphatic carboxylic acids is 1. The lowest BCUT2D eigenvalue weighted by Crippen LogP contribution is -2.41. The third-order valence-corrected chi connectivity index (χ3v) is 2.59. The van der Waals surface area contributed by atoms with E-state index in [0.717, 1.165) is 6.42 Å². The zero-order valence-corrected chi connectivity index (χ0v) is 10.1. The Morgan fingerprint density at radius 3 is 2.44 bits per heavy atom. The van der Waals surface area contributed by atoms with Crippen molar-refractivity contribution in [1.82, 2.24) is 0 Å². The summed E-state index contributed by atoms with van der Waals surface area (Å²) in [7, 11) is 0. The fraction of sp³-hybridized carbons (Fsp3) is 0.417. The van der Waals surface area contributed by atoms with Gasteiger partial charge in [-0.1, -0.05) is 24.9 Å². The van der Waals surface area contributed by atoms with E-state index in [0.29, 0.717) is 17.2 Å². The fourth-order valence-corrected chi connectivity index (χ4v) is 1.57. The first kappa shape index (κ1) is 12.8. The predicted molar refractivity (Wildman–Crippen MR) is 63.0 cm³/mol. The van der Waals surface area contributed by atoms with Gasteiger partial charge in [-0.15, -0.1) is 0 Å². The van der Waals surface area contributed by atoms with E-state index in [2.05, 4.69) is 0 Å². The van der Waals surface area contributed by atoms with Gasteiger partial charge in [0.2, 0.25) is 5.60 Å². The Morgan fingerprint density at radius 2 is 2.00 bits per heavy atom. The van der Waals surface area contributed by atoms with Crippen LogP contribution in [0.3, 0.4) is 0 Å². The summed E-state index contributed by atoms with van der Waals surface area (Å²) in [5, 5.41) is 9.73. The number of hydrogen-bond donors (Lipinski definition) is 1. The molecule has 88 valence electrons. The van der Waals surface area contributed by atoms with Crippen molar-refractivity contribution in [3.05, 3.63) is 29.3 Å². The second-order valence-corrected chi connectivity index (χ2v) is 4.28. The Morgan fingerprint density at radius 1 is 1.44 bits per heavy atom. The molecule has 16 heavy (non-hydrogen) atoms. The van der Waals surface area contributed by atoms with E-state index >= 15 is 0 Å². The van der Waals surface area contributed by atoms with E-state index < -0.39 is 11.6 Å². The van der Waals surface area contributed by atoms with Crippen LogP contribution in [0.5, 0.6) is 5.75 Å². The molecular weight excluding hydrogens is 228 g/mol. The monoisotopic (exact) mass is 242 g/mol. The molecule has 0 heterocycles. The Bertz CT molecular complexity index is 361. The van der Waals surface area contributed by atoms with Crippen LogP contribution in [0.15, 0.2) is 24.3 Å². The molecule has 1 aromatic carbocycles. The van der Waals surface area contributed by atoms with Crippen molar-refractivity contribution in [1.29, 1.82) is 0 Å². The lowest BCUT2D eigenvalue weighted by atomic mass is 10.0. The van der Waals surface area contributed by atoms with E-state index in [4.69, 9.17) is 21.4 Å². The van der Waals surface area contributed by atoms with E-state index in [1.807, 2.05) is 6.92 Å². The summed E-state index contributed by atoms with van der Waals surface area (Å²) in [6.07, 6.45) is 1.21. The van der Waals surface area contributed by atoms with Crippen molar-refractivity contribution >= 4 is 17.6 Å². The van der Waals surface area contributed by atoms with Crippen molar-refractivity contribution in [3.63, 3.8) is 0 Å². The van der Waals surface area contributed by atoms with Crippen molar-refractivity contribution in [3.8, 4) is 5.75 Å². The number of carboxylic acids is 1. The molecule has 0 aliphatic rings. The Kier molecular flexibility index (Phi) is 4.19. The average molecular weight is 243 g/mol. The van der Waals surface area contributed by atoms with Crippen LogP contribution in [-0.4, -0.2) is 16.7 Å². The molecule has 1 atom stereocenters. The van der Waals surface area contributed by atoms with Crippen molar-refractivity contribution in [2.45, 2.75) is 32.3 Å². The largest absolute Gasteiger partial charge is 0.478 e. The molecule has 0 aliphatic carbocycles. The molecule has 0 spiro atoms. The number of rotatable bonds is 5. The van der Waals surface area contributed by atoms with E-state index in [-0.39, 0.29) is 0 Å². The van der Waals surface area contributed by atoms with Gasteiger partial charge >= 0.3 is 5.97 Å². The lowest BCUT2D eigenvalue weighted by molar-refractivity contribution is -0.154. The normalized spacial score (nSPS) is 14.2. The van der Waals surface area contributed by atoms with Crippen LogP contribution >= 0.6 is 11.6 Å². The molecule has 3 nitrogen and oxygen atoms in total. The lowest BCUT2D eigenvalue weighted by Gasteiger charge is -2.25. The smallest absolute Gasteiger partial charge is 0.347 e. The van der Waals surface area contributed by atoms with Crippen LogP contribution in [0.4, 0.5) is 0 Å². The van der Waals surface area contributed by atoms with Crippen LogP contribution in [-0.2, 0) is 4.79 Å². The first-order valence-corrected chi connectivity index (χ1v) is 5.53. The molecule has 0 amide bonds. The minimum absolute atomic E-state index is 0.463. The van der Waals surface area contributed by atoms with Crippen molar-refractivity contribution in [2.24, 2.45) is 0 Å². The van der Waals surface area contributed by atoms with Gasteiger partial charge in [0.1, 0.15) is 5.75 Å². The zero-order valence-electron chi connectivity index (χ0n) is 9.37. The highest BCUT2D eigenvalue weighted by Crippen LogP contribution is 2.24. The SMILES string of the molecule is CCC[C@@](C)(Oc1ccc(Cl)cc1)C(=O)O. The van der Waals surface area contributed by atoms with Gasteiger partial charge in [0, 0.05) is 5.02 Å². The zero-order chi connectivity index (χ0) is 12.2. The second-order valence-electron chi connectivity index (χ2n) is 3.84. The summed E-state index contributed by atoms with van der Waals surface area (Å²) in [5.41, 5.74) is -1.18. The summed E-state index contributed by atoms with van der Waals surface area (Å²) in [6, 6.07) is 6.68. The molecule has 0 unspecified atom stereocenters. The Labute approximate surface area is 100.0 Å². The number of carbonyl (C=O) groups is 1. The summed E-state index contributed by atoms with van der Waals surface area (Å²) in [5.74, 6) is -0.438. The minimum Gasteiger partial charge on any atom is -0.478 e. The second kappa shape index (κ2) is 5.21. The van der Waals surface area contributed by atoms with Gasteiger partial charge in [0.15, 0.2) is 0 Å². The highest BCUT2D eigenvalue weighted by Gasteiger charge is 2.34. The van der Waals surface area contributed by atoms with Crippen LogP contribution in [0.25, 0.3) is 0 Å². The van der Waals surface area contributed by atoms with Crippen molar-refractivity contribution < 1.29 is 14.6 Å². The molecule has 1 aromatic rings. The number of ether oxygens (including phenoxy) is 1. The number of benzene rings is 1. The maximum atomic E-state index is 11.1. The fourth-order valence-electron chi connectivity index (χ4n) is 1.44. The maximum Gasteiger partial charge on any atom is 0.347 e. The quantitative estimate of drug-likeness (QED) is 0.861. The third-order valence-electron chi connectivity index (χ3n) is 2.34. The van der Waals surface area contributed by atoms with Gasteiger partial charge in [-0.2, -0.15) is 0 Å². The Balaban J connectivity index is 2.83. The Hall–Kier alpha value is -1.22. The number of halogens is 1. The van der Waals surface area contributed by atoms with Gasteiger partial charge in [0.25, 0.3) is 0 Å². The highest BCUT2D eigenvalue weighted by atomic mass is 35.5. The minimum atomic E-state index is -1.18. The van der Waals surface area contributed by atoms with Gasteiger partial charge in [-0.05, 0) is 37.6 Å². The molecule has 0 saturated heterocycles. The standard InChI is InChI=1S/C12H15ClO3/c1-3-8-12(2,11(14)15)16-10-6-4-9(13)5-7-10/h4-7H,3,8H2,1-2H3,(H,14,15)/t12-/m1/s1.